The number of hydrogen-bond donors (Lipinski definition) is 2. The number of carbonyl (C=O) groups excluding carboxylic acids is 3. The molecule has 9 heteroatoms. The Bertz CT molecular complexity index is 1380. The molecule has 216 valence electrons. The summed E-state index contributed by atoms with van der Waals surface area (Å²) in [7, 11) is 1.59. The van der Waals surface area contributed by atoms with Crippen LogP contribution < -0.4 is 15.4 Å². The number of halogens is 1. The van der Waals surface area contributed by atoms with Crippen LogP contribution in [-0.4, -0.2) is 53.5 Å². The van der Waals surface area contributed by atoms with Gasteiger partial charge in [-0.1, -0.05) is 62.6 Å². The standard InChI is InChI=1S/C32H36ClN3O5/c1-18-6-4-9-24(19(18)2)35-30(38)28-32-15-14-25(41-32)26(29(37)34-22-12-10-21(33)11-13-22)27(32)31(39)36(28)17-20-7-5-8-23(16-20)40-3/h5,7-8,10-16,18-19,24-28H,4,6,9,17H2,1-3H3,(H,34,37)(H,35,38)/t18-,19+,24-,25-,26-,27-,28+,32+/m1/s1. The van der Waals surface area contributed by atoms with Crippen molar-refractivity contribution in [2.24, 2.45) is 23.7 Å². The highest BCUT2D eigenvalue weighted by molar-refractivity contribution is 6.30. The third kappa shape index (κ3) is 4.81. The van der Waals surface area contributed by atoms with Gasteiger partial charge in [0, 0.05) is 23.3 Å². The molecule has 1 saturated carbocycles. The molecule has 0 unspecified atom stereocenters. The molecule has 3 aliphatic heterocycles. The predicted octanol–water partition coefficient (Wildman–Crippen LogP) is 4.58. The minimum absolute atomic E-state index is 0.0158. The molecule has 3 heterocycles. The monoisotopic (exact) mass is 577 g/mol. The molecule has 3 amide bonds. The molecule has 1 spiro atoms. The summed E-state index contributed by atoms with van der Waals surface area (Å²) in [5.74, 6) is -0.942. The van der Waals surface area contributed by atoms with E-state index in [2.05, 4.69) is 24.5 Å². The molecule has 0 radical (unpaired) electrons. The van der Waals surface area contributed by atoms with Gasteiger partial charge in [-0.3, -0.25) is 14.4 Å². The number of methoxy groups -OCH3 is 1. The molecule has 3 fully saturated rings. The average Bonchev–Trinajstić information content (AvgIpc) is 3.60. The van der Waals surface area contributed by atoms with E-state index >= 15 is 0 Å². The van der Waals surface area contributed by atoms with E-state index in [-0.39, 0.29) is 30.3 Å². The fourth-order valence-electron chi connectivity index (χ4n) is 7.21. The zero-order chi connectivity index (χ0) is 28.9. The summed E-state index contributed by atoms with van der Waals surface area (Å²) in [6.45, 7) is 4.59. The van der Waals surface area contributed by atoms with E-state index in [0.29, 0.717) is 28.3 Å². The lowest BCUT2D eigenvalue weighted by Crippen LogP contribution is -2.57. The van der Waals surface area contributed by atoms with E-state index in [1.54, 1.807) is 36.3 Å². The summed E-state index contributed by atoms with van der Waals surface area (Å²) in [4.78, 5) is 43.7. The van der Waals surface area contributed by atoms with Gasteiger partial charge in [-0.25, -0.2) is 0 Å². The van der Waals surface area contributed by atoms with Crippen LogP contribution in [-0.2, 0) is 25.7 Å². The van der Waals surface area contributed by atoms with E-state index in [4.69, 9.17) is 21.1 Å². The molecular weight excluding hydrogens is 542 g/mol. The van der Waals surface area contributed by atoms with Crippen LogP contribution in [0.1, 0.15) is 38.7 Å². The van der Waals surface area contributed by atoms with Crippen molar-refractivity contribution in [1.29, 1.82) is 0 Å². The SMILES string of the molecule is COc1cccc(CN2C(=O)[C@H]3[C@H](C(=O)Nc4ccc(Cl)cc4)[C@H]4C=C[C@@]3(O4)[C@@H]2C(=O)N[C@@H]2CCC[C@@H](C)[C@@H]2C)c1. The largest absolute Gasteiger partial charge is 0.497 e. The van der Waals surface area contributed by atoms with Crippen LogP contribution in [0.15, 0.2) is 60.7 Å². The minimum atomic E-state index is -1.23. The molecule has 2 saturated heterocycles. The maximum absolute atomic E-state index is 14.3. The number of ether oxygens (including phenoxy) is 2. The first-order valence-electron chi connectivity index (χ1n) is 14.4. The molecule has 8 atom stereocenters. The highest BCUT2D eigenvalue weighted by Gasteiger charge is 2.72. The molecule has 41 heavy (non-hydrogen) atoms. The summed E-state index contributed by atoms with van der Waals surface area (Å²) in [5, 5.41) is 6.78. The Kier molecular flexibility index (Phi) is 7.32. The van der Waals surface area contributed by atoms with Crippen molar-refractivity contribution in [3.05, 3.63) is 71.3 Å². The Morgan fingerprint density at radius 1 is 1.12 bits per heavy atom. The first-order chi connectivity index (χ1) is 19.7. The van der Waals surface area contributed by atoms with Crippen molar-refractivity contribution in [2.75, 3.05) is 12.4 Å². The van der Waals surface area contributed by atoms with Crippen molar-refractivity contribution in [1.82, 2.24) is 10.2 Å². The minimum Gasteiger partial charge on any atom is -0.497 e. The lowest BCUT2D eigenvalue weighted by Gasteiger charge is -2.38. The third-order valence-electron chi connectivity index (χ3n) is 9.56. The molecule has 2 bridgehead atoms. The van der Waals surface area contributed by atoms with Crippen LogP contribution in [0.4, 0.5) is 5.69 Å². The number of nitrogens with zero attached hydrogens (tertiary/aromatic N) is 1. The summed E-state index contributed by atoms with van der Waals surface area (Å²) in [5.41, 5.74) is 0.178. The average molecular weight is 578 g/mol. The van der Waals surface area contributed by atoms with Crippen molar-refractivity contribution >= 4 is 35.0 Å². The quantitative estimate of drug-likeness (QED) is 0.470. The number of benzene rings is 2. The van der Waals surface area contributed by atoms with E-state index in [9.17, 15) is 14.4 Å². The van der Waals surface area contributed by atoms with Crippen molar-refractivity contribution in [3.8, 4) is 5.75 Å². The topological polar surface area (TPSA) is 97.0 Å². The van der Waals surface area contributed by atoms with Gasteiger partial charge >= 0.3 is 0 Å². The van der Waals surface area contributed by atoms with Gasteiger partial charge in [0.2, 0.25) is 17.7 Å². The summed E-state index contributed by atoms with van der Waals surface area (Å²) in [6, 6.07) is 13.4. The predicted molar refractivity (Wildman–Crippen MR) is 155 cm³/mol. The van der Waals surface area contributed by atoms with Crippen LogP contribution in [0.25, 0.3) is 0 Å². The van der Waals surface area contributed by atoms with Gasteiger partial charge in [0.25, 0.3) is 0 Å². The Labute approximate surface area is 245 Å². The molecule has 0 aromatic heterocycles. The molecule has 2 aromatic rings. The Hall–Kier alpha value is -3.36. The molecule has 8 nitrogen and oxygen atoms in total. The molecule has 1 aliphatic carbocycles. The van der Waals surface area contributed by atoms with Gasteiger partial charge in [-0.2, -0.15) is 0 Å². The van der Waals surface area contributed by atoms with Gasteiger partial charge in [0.1, 0.15) is 17.4 Å². The van der Waals surface area contributed by atoms with Crippen LogP contribution >= 0.6 is 11.6 Å². The highest BCUT2D eigenvalue weighted by atomic mass is 35.5. The number of hydrogen-bond acceptors (Lipinski definition) is 5. The van der Waals surface area contributed by atoms with Gasteiger partial charge < -0.3 is 25.0 Å². The van der Waals surface area contributed by atoms with Gasteiger partial charge in [-0.05, 0) is 60.2 Å². The Morgan fingerprint density at radius 2 is 1.90 bits per heavy atom. The van der Waals surface area contributed by atoms with E-state index in [1.165, 1.54) is 0 Å². The summed E-state index contributed by atoms with van der Waals surface area (Å²) < 4.78 is 11.9. The number of fused-ring (bicyclic) bond motifs is 1. The third-order valence-corrected chi connectivity index (χ3v) is 9.81. The maximum atomic E-state index is 14.3. The zero-order valence-corrected chi connectivity index (χ0v) is 24.3. The first-order valence-corrected chi connectivity index (χ1v) is 14.8. The second-order valence-electron chi connectivity index (χ2n) is 11.9. The highest BCUT2D eigenvalue weighted by Crippen LogP contribution is 2.55. The number of rotatable bonds is 7. The second kappa shape index (κ2) is 10.8. The van der Waals surface area contributed by atoms with Gasteiger partial charge in [0.15, 0.2) is 0 Å². The normalized spacial score (nSPS) is 33.5. The first kappa shape index (κ1) is 27.8. The van der Waals surface area contributed by atoms with Crippen molar-refractivity contribution < 1.29 is 23.9 Å². The number of anilines is 1. The van der Waals surface area contributed by atoms with Crippen molar-refractivity contribution in [3.63, 3.8) is 0 Å². The maximum Gasteiger partial charge on any atom is 0.246 e. The zero-order valence-electron chi connectivity index (χ0n) is 23.5. The summed E-state index contributed by atoms with van der Waals surface area (Å²) >= 11 is 6.01. The molecule has 2 N–H and O–H groups in total. The van der Waals surface area contributed by atoms with Crippen LogP contribution in [0.5, 0.6) is 5.75 Å². The van der Waals surface area contributed by atoms with Gasteiger partial charge in [-0.15, -0.1) is 0 Å². The van der Waals surface area contributed by atoms with Crippen molar-refractivity contribution in [2.45, 2.75) is 63.4 Å². The van der Waals surface area contributed by atoms with Crippen LogP contribution in [0, 0.1) is 23.7 Å². The summed E-state index contributed by atoms with van der Waals surface area (Å²) in [6.07, 6.45) is 6.16. The van der Waals surface area contributed by atoms with E-state index < -0.39 is 29.6 Å². The molecule has 2 aromatic carbocycles. The number of carbonyl (C=O) groups is 3. The number of nitrogens with one attached hydrogen (secondary N) is 2. The fourth-order valence-corrected chi connectivity index (χ4v) is 7.34. The molecule has 4 aliphatic rings. The Balaban J connectivity index is 1.33. The number of likely N-dealkylation sites (tertiary alicyclic amines) is 1. The van der Waals surface area contributed by atoms with E-state index in [1.807, 2.05) is 36.4 Å². The van der Waals surface area contributed by atoms with Crippen LogP contribution in [0.3, 0.4) is 0 Å². The smallest absolute Gasteiger partial charge is 0.246 e. The number of amides is 3. The lowest BCUT2D eigenvalue weighted by atomic mass is 9.73. The molecular formula is C32H36ClN3O5. The van der Waals surface area contributed by atoms with Crippen LogP contribution in [0.2, 0.25) is 5.02 Å². The fraction of sp³-hybridized carbons (Fsp3) is 0.469. The lowest BCUT2D eigenvalue weighted by molar-refractivity contribution is -0.142. The molecule has 6 rings (SSSR count). The Morgan fingerprint density at radius 3 is 2.66 bits per heavy atom. The second-order valence-corrected chi connectivity index (χ2v) is 12.3. The van der Waals surface area contributed by atoms with Gasteiger partial charge in [0.05, 0.1) is 25.0 Å². The van der Waals surface area contributed by atoms with E-state index in [0.717, 1.165) is 24.8 Å².